The number of hydrogen-bond donors (Lipinski definition) is 2. The van der Waals surface area contributed by atoms with Crippen LogP contribution in [0.25, 0.3) is 11.4 Å². The Morgan fingerprint density at radius 2 is 1.64 bits per heavy atom. The van der Waals surface area contributed by atoms with Crippen LogP contribution < -0.4 is 0 Å². The molecule has 0 bridgehead atoms. The fraction of sp³-hybridized carbons (Fsp3) is 0.761. The number of nitrogens with one attached hydrogen (secondary N) is 1. The summed E-state index contributed by atoms with van der Waals surface area (Å²) in [4.78, 5) is 47.3. The Bertz CT molecular complexity index is 1820. The number of aromatic nitrogens is 3. The molecule has 11 atom stereocenters. The van der Waals surface area contributed by atoms with E-state index in [4.69, 9.17) is 9.72 Å². The van der Waals surface area contributed by atoms with Crippen molar-refractivity contribution in [2.45, 2.75) is 151 Å². The maximum atomic E-state index is 15.3. The number of amides is 1. The molecule has 1 aromatic carbocycles. The molecule has 9 nitrogen and oxygen atoms in total. The number of ether oxygens (including phenoxy) is 1. The topological polar surface area (TPSA) is 125 Å². The molecular formula is C46H66N4O5. The summed E-state index contributed by atoms with van der Waals surface area (Å²) in [5, 5.41) is 17.5. The van der Waals surface area contributed by atoms with Gasteiger partial charge in [-0.3, -0.25) is 19.5 Å². The minimum atomic E-state index is -1.15. The predicted molar refractivity (Wildman–Crippen MR) is 211 cm³/mol. The second-order valence-electron chi connectivity index (χ2n) is 21.1. The second kappa shape index (κ2) is 13.2. The van der Waals surface area contributed by atoms with Crippen molar-refractivity contribution in [3.8, 4) is 11.4 Å². The molecule has 1 amide bonds. The first-order valence-electron chi connectivity index (χ1n) is 21.6. The van der Waals surface area contributed by atoms with Gasteiger partial charge in [0, 0.05) is 17.5 Å². The van der Waals surface area contributed by atoms with Crippen LogP contribution in [0.5, 0.6) is 0 Å². The number of carboxylic acids is 1. The number of benzene rings is 1. The maximum absolute atomic E-state index is 15.3. The zero-order valence-electron chi connectivity index (χ0n) is 34.7. The number of carboxylic acid groups (broad SMARTS) is 1. The molecule has 6 aliphatic rings. The summed E-state index contributed by atoms with van der Waals surface area (Å²) in [5.74, 6) is 2.93. The van der Waals surface area contributed by atoms with Crippen molar-refractivity contribution in [3.05, 3.63) is 36.2 Å². The first-order chi connectivity index (χ1) is 25.9. The molecule has 300 valence electrons. The number of rotatable bonds is 7. The van der Waals surface area contributed by atoms with Gasteiger partial charge in [0.2, 0.25) is 5.91 Å². The molecule has 2 N–H and O–H groups in total. The SMILES string of the molecule is C[C@@H]1CC[C@]2(C(=O)N3CCC[C@H]3c3nc(-c4ccccc4)n[nH]3)CC[C@]3(C)[C@H](CCC4[C@@]5(C)CC[C@H](OC(=O)CC(C)(C)C(=O)O)C(C)(C)C5CC[C@]43C)[C@@H]12. The Morgan fingerprint density at radius 3 is 2.36 bits per heavy atom. The molecule has 1 aromatic heterocycles. The number of nitrogens with zero attached hydrogens (tertiary/aromatic N) is 3. The van der Waals surface area contributed by atoms with Gasteiger partial charge in [0.25, 0.3) is 0 Å². The van der Waals surface area contributed by atoms with Gasteiger partial charge in [0.15, 0.2) is 5.82 Å². The van der Waals surface area contributed by atoms with Crippen LogP contribution in [0.1, 0.15) is 151 Å². The molecule has 2 unspecified atom stereocenters. The van der Waals surface area contributed by atoms with E-state index in [0.717, 1.165) is 82.1 Å². The summed E-state index contributed by atoms with van der Waals surface area (Å²) in [6, 6.07) is 10.0. The third kappa shape index (κ3) is 5.68. The van der Waals surface area contributed by atoms with Crippen LogP contribution in [-0.2, 0) is 19.1 Å². The second-order valence-corrected chi connectivity index (χ2v) is 21.1. The molecule has 2 aromatic rings. The molecule has 5 aliphatic carbocycles. The standard InChI is InChI=1S/C46H66N4O5/c1-28-18-23-46(39(52)50-26-12-15-31(50)38-47-37(48-49-38)29-13-10-9-11-14-29)25-24-44(7)30(36(28)46)16-17-33-43(6)21-20-34(55-35(51)27-41(2,3)40(53)54)42(4,5)32(43)19-22-45(33,44)8/h9-11,13-14,28,30-34,36H,12,15-27H2,1-8H3,(H,53,54)(H,47,48,49)/t28-,30-,31+,32?,33?,34+,36-,43+,44-,45-,46+/m1/s1. The maximum Gasteiger partial charge on any atom is 0.309 e. The largest absolute Gasteiger partial charge is 0.481 e. The highest BCUT2D eigenvalue weighted by Gasteiger charge is 2.72. The lowest BCUT2D eigenvalue weighted by Gasteiger charge is -2.73. The Hall–Kier alpha value is -3.23. The normalized spacial score (nSPS) is 40.7. The quantitative estimate of drug-likeness (QED) is 0.270. The van der Waals surface area contributed by atoms with E-state index in [1.165, 1.54) is 12.8 Å². The van der Waals surface area contributed by atoms with Gasteiger partial charge in [-0.05, 0) is 137 Å². The molecule has 6 fully saturated rings. The monoisotopic (exact) mass is 755 g/mol. The van der Waals surface area contributed by atoms with Crippen LogP contribution in [0.15, 0.2) is 30.3 Å². The zero-order valence-corrected chi connectivity index (χ0v) is 34.7. The summed E-state index contributed by atoms with van der Waals surface area (Å²) in [6.45, 7) is 18.9. The fourth-order valence-corrected chi connectivity index (χ4v) is 14.9. The van der Waals surface area contributed by atoms with Gasteiger partial charge in [-0.25, -0.2) is 4.98 Å². The van der Waals surface area contributed by atoms with Crippen LogP contribution in [-0.4, -0.2) is 55.7 Å². The number of aliphatic carboxylic acids is 1. The van der Waals surface area contributed by atoms with E-state index < -0.39 is 17.4 Å². The van der Waals surface area contributed by atoms with Crippen molar-refractivity contribution in [1.29, 1.82) is 0 Å². The Morgan fingerprint density at radius 1 is 0.891 bits per heavy atom. The minimum absolute atomic E-state index is 0.0541. The summed E-state index contributed by atoms with van der Waals surface area (Å²) in [7, 11) is 0. The van der Waals surface area contributed by atoms with E-state index in [0.29, 0.717) is 41.3 Å². The summed E-state index contributed by atoms with van der Waals surface area (Å²) >= 11 is 0. The van der Waals surface area contributed by atoms with E-state index in [1.807, 2.05) is 30.3 Å². The molecule has 1 saturated heterocycles. The first kappa shape index (κ1) is 38.6. The molecule has 5 saturated carbocycles. The van der Waals surface area contributed by atoms with Gasteiger partial charge in [0.05, 0.1) is 23.3 Å². The third-order valence-corrected chi connectivity index (χ3v) is 17.9. The Kier molecular flexibility index (Phi) is 9.24. The lowest BCUT2D eigenvalue weighted by molar-refractivity contribution is -0.250. The molecule has 2 heterocycles. The number of H-pyrrole nitrogens is 1. The van der Waals surface area contributed by atoms with Gasteiger partial charge < -0.3 is 14.7 Å². The number of aromatic amines is 1. The Labute approximate surface area is 328 Å². The lowest BCUT2D eigenvalue weighted by Crippen LogP contribution is -2.67. The van der Waals surface area contributed by atoms with Gasteiger partial charge in [0.1, 0.15) is 11.9 Å². The van der Waals surface area contributed by atoms with Gasteiger partial charge in [-0.1, -0.05) is 71.9 Å². The third-order valence-electron chi connectivity index (χ3n) is 17.9. The van der Waals surface area contributed by atoms with Crippen molar-refractivity contribution in [1.82, 2.24) is 20.1 Å². The highest BCUT2D eigenvalue weighted by Crippen LogP contribution is 2.77. The van der Waals surface area contributed by atoms with E-state index in [-0.39, 0.29) is 45.6 Å². The van der Waals surface area contributed by atoms with Gasteiger partial charge in [-0.2, -0.15) is 5.10 Å². The van der Waals surface area contributed by atoms with Crippen molar-refractivity contribution in [2.75, 3.05) is 6.54 Å². The number of hydrogen-bond acceptors (Lipinski definition) is 6. The van der Waals surface area contributed by atoms with E-state index in [2.05, 4.69) is 56.6 Å². The van der Waals surface area contributed by atoms with Crippen LogP contribution >= 0.6 is 0 Å². The van der Waals surface area contributed by atoms with E-state index >= 15 is 4.79 Å². The van der Waals surface area contributed by atoms with Crippen LogP contribution in [0, 0.1) is 62.1 Å². The van der Waals surface area contributed by atoms with Crippen molar-refractivity contribution < 1.29 is 24.2 Å². The molecule has 9 heteroatoms. The summed E-state index contributed by atoms with van der Waals surface area (Å²) < 4.78 is 6.20. The molecule has 0 radical (unpaired) electrons. The molecular weight excluding hydrogens is 689 g/mol. The number of carbonyl (C=O) groups excluding carboxylic acids is 2. The predicted octanol–water partition coefficient (Wildman–Crippen LogP) is 9.65. The van der Waals surface area contributed by atoms with Gasteiger partial charge in [-0.15, -0.1) is 0 Å². The minimum Gasteiger partial charge on any atom is -0.481 e. The van der Waals surface area contributed by atoms with Gasteiger partial charge >= 0.3 is 11.9 Å². The smallest absolute Gasteiger partial charge is 0.309 e. The average molecular weight is 755 g/mol. The highest BCUT2D eigenvalue weighted by molar-refractivity contribution is 5.84. The van der Waals surface area contributed by atoms with E-state index in [9.17, 15) is 14.7 Å². The molecule has 55 heavy (non-hydrogen) atoms. The Balaban J connectivity index is 1.03. The summed E-state index contributed by atoms with van der Waals surface area (Å²) in [5.41, 5.74) is -0.249. The zero-order chi connectivity index (χ0) is 39.3. The number of esters is 1. The molecule has 0 spiro atoms. The van der Waals surface area contributed by atoms with E-state index in [1.54, 1.807) is 13.8 Å². The lowest BCUT2D eigenvalue weighted by atomic mass is 9.32. The highest BCUT2D eigenvalue weighted by atomic mass is 16.5. The van der Waals surface area contributed by atoms with Crippen molar-refractivity contribution >= 4 is 17.8 Å². The number of fused-ring (bicyclic) bond motifs is 7. The van der Waals surface area contributed by atoms with Crippen LogP contribution in [0.4, 0.5) is 0 Å². The van der Waals surface area contributed by atoms with Crippen molar-refractivity contribution in [3.63, 3.8) is 0 Å². The number of likely N-dealkylation sites (tertiary alicyclic amines) is 1. The average Bonchev–Trinajstić information content (AvgIpc) is 3.89. The summed E-state index contributed by atoms with van der Waals surface area (Å²) in [6.07, 6.45) is 12.3. The fourth-order valence-electron chi connectivity index (χ4n) is 14.9. The molecule has 1 aliphatic heterocycles. The first-order valence-corrected chi connectivity index (χ1v) is 21.6. The molecule has 8 rings (SSSR count). The van der Waals surface area contributed by atoms with Crippen molar-refractivity contribution in [2.24, 2.45) is 62.1 Å². The van der Waals surface area contributed by atoms with Crippen LogP contribution in [0.2, 0.25) is 0 Å². The van der Waals surface area contributed by atoms with Crippen LogP contribution in [0.3, 0.4) is 0 Å². The number of carbonyl (C=O) groups is 3.